The number of unbranched alkanes of at least 4 members (excludes halogenated alkanes) is 20. The van der Waals surface area contributed by atoms with Crippen LogP contribution in [-0.2, 0) is 19.6 Å². The summed E-state index contributed by atoms with van der Waals surface area (Å²) in [5.41, 5.74) is -0.689. The van der Waals surface area contributed by atoms with Crippen molar-refractivity contribution >= 4 is 22.1 Å². The van der Waals surface area contributed by atoms with Gasteiger partial charge in [-0.1, -0.05) is 134 Å². The number of esters is 2. The predicted molar refractivity (Wildman–Crippen MR) is 197 cm³/mol. The van der Waals surface area contributed by atoms with Gasteiger partial charge in [0.2, 0.25) is 0 Å². The molecule has 0 amide bonds. The molecule has 1 aromatic carbocycles. The molecule has 0 fully saturated rings. The molecule has 1 aromatic rings. The molecule has 0 saturated carbocycles. The number of carbonyl (C=O) groups excluding carboxylic acids is 2. The molecule has 0 aliphatic rings. The van der Waals surface area contributed by atoms with Gasteiger partial charge in [0.15, 0.2) is 0 Å². The van der Waals surface area contributed by atoms with Crippen LogP contribution in [0.4, 0.5) is 0 Å². The van der Waals surface area contributed by atoms with Gasteiger partial charge >= 0.3 is 11.9 Å². The summed E-state index contributed by atoms with van der Waals surface area (Å²) in [6, 6.07) is 3.73. The zero-order valence-corrected chi connectivity index (χ0v) is 31.0. The smallest absolute Gasteiger partial charge is 0.340 e. The minimum Gasteiger partial charge on any atom is -0.462 e. The number of carbonyl (C=O) groups is 2. The second-order valence-electron chi connectivity index (χ2n) is 12.9. The van der Waals surface area contributed by atoms with Gasteiger partial charge in [0.05, 0.1) is 24.3 Å². The third-order valence-corrected chi connectivity index (χ3v) is 9.40. The molecule has 48 heavy (non-hydrogen) atoms. The fourth-order valence-electron chi connectivity index (χ4n) is 5.60. The fraction of sp³-hybridized carbons (Fsp3) is 0.700. The van der Waals surface area contributed by atoms with E-state index in [9.17, 15) is 22.6 Å². The van der Waals surface area contributed by atoms with E-state index in [0.717, 1.165) is 57.4 Å². The Hall–Kier alpha value is -2.45. The Morgan fingerprint density at radius 1 is 0.562 bits per heavy atom. The molecule has 1 rings (SSSR count). The molecule has 0 bridgehead atoms. The van der Waals surface area contributed by atoms with E-state index < -0.39 is 32.5 Å². The molecule has 0 aliphatic heterocycles. The van der Waals surface area contributed by atoms with E-state index in [2.05, 4.69) is 38.2 Å². The van der Waals surface area contributed by atoms with Gasteiger partial charge in [-0.25, -0.2) is 9.59 Å². The molecule has 0 unspecified atom stereocenters. The first-order chi connectivity index (χ1) is 23.3. The highest BCUT2D eigenvalue weighted by Crippen LogP contribution is 2.23. The normalized spacial score (nSPS) is 11.9. The third kappa shape index (κ3) is 22.2. The first-order valence-corrected chi connectivity index (χ1v) is 20.5. The van der Waals surface area contributed by atoms with E-state index in [0.29, 0.717) is 12.8 Å². The molecule has 0 saturated heterocycles. The van der Waals surface area contributed by atoms with E-state index in [1.807, 2.05) is 0 Å². The van der Waals surface area contributed by atoms with Crippen LogP contribution in [0.1, 0.15) is 189 Å². The number of hydrogen-bond acceptors (Lipinski definition) is 6. The minimum atomic E-state index is -4.76. The van der Waals surface area contributed by atoms with Crippen LogP contribution >= 0.6 is 0 Å². The summed E-state index contributed by atoms with van der Waals surface area (Å²) in [7, 11) is -4.76. The molecule has 0 atom stereocenters. The van der Waals surface area contributed by atoms with Crippen molar-refractivity contribution in [3.05, 3.63) is 53.6 Å². The largest absolute Gasteiger partial charge is 0.462 e. The highest BCUT2D eigenvalue weighted by molar-refractivity contribution is 7.86. The Labute approximate surface area is 293 Å². The molecule has 0 radical (unpaired) electrons. The van der Waals surface area contributed by atoms with Gasteiger partial charge in [0.25, 0.3) is 10.1 Å². The van der Waals surface area contributed by atoms with E-state index in [1.165, 1.54) is 102 Å². The molecule has 274 valence electrons. The van der Waals surface area contributed by atoms with E-state index >= 15 is 0 Å². The molecule has 0 aromatic heterocycles. The topological polar surface area (TPSA) is 107 Å². The van der Waals surface area contributed by atoms with Gasteiger partial charge < -0.3 is 9.47 Å². The summed E-state index contributed by atoms with van der Waals surface area (Å²) in [6.45, 7) is 4.72. The lowest BCUT2D eigenvalue weighted by atomic mass is 10.1. The van der Waals surface area contributed by atoms with Crippen molar-refractivity contribution in [3.63, 3.8) is 0 Å². The van der Waals surface area contributed by atoms with Crippen LogP contribution in [0.3, 0.4) is 0 Å². The standard InChI is InChI=1S/C40H66O7S/c1-3-5-7-9-11-13-15-17-19-21-23-25-27-29-34-46-39(41)36-32-31-33-37(48(43,44)45)38(36)40(42)47-35-30-28-26-24-22-20-18-16-14-12-10-8-6-4-2/h11-14,31-33H,3-10,15-30,34-35H2,1-2H3,(H,43,44,45)/b13-11+,14-12+. The third-order valence-electron chi connectivity index (χ3n) is 8.51. The van der Waals surface area contributed by atoms with Crippen molar-refractivity contribution in [2.45, 2.75) is 173 Å². The maximum absolute atomic E-state index is 13.0. The zero-order chi connectivity index (χ0) is 35.1. The molecule has 0 aliphatic carbocycles. The van der Waals surface area contributed by atoms with Crippen molar-refractivity contribution in [2.75, 3.05) is 13.2 Å². The highest BCUT2D eigenvalue weighted by Gasteiger charge is 2.28. The van der Waals surface area contributed by atoms with Crippen molar-refractivity contribution in [2.24, 2.45) is 0 Å². The Bertz CT molecular complexity index is 1140. The van der Waals surface area contributed by atoms with Gasteiger partial charge in [-0.3, -0.25) is 4.55 Å². The summed E-state index contributed by atoms with van der Waals surface area (Å²) in [6.07, 6.45) is 36.2. The summed E-state index contributed by atoms with van der Waals surface area (Å²) in [4.78, 5) is 25.2. The van der Waals surface area contributed by atoms with Gasteiger partial charge in [-0.15, -0.1) is 0 Å². The minimum absolute atomic E-state index is 0.103. The summed E-state index contributed by atoms with van der Waals surface area (Å²) >= 11 is 0. The quantitative estimate of drug-likeness (QED) is 0.0357. The van der Waals surface area contributed by atoms with Crippen LogP contribution in [0.2, 0.25) is 0 Å². The second-order valence-corrected chi connectivity index (χ2v) is 14.3. The van der Waals surface area contributed by atoms with Crippen molar-refractivity contribution in [1.29, 1.82) is 0 Å². The monoisotopic (exact) mass is 690 g/mol. The van der Waals surface area contributed by atoms with Gasteiger partial charge in [0.1, 0.15) is 4.90 Å². The average Bonchev–Trinajstić information content (AvgIpc) is 3.07. The average molecular weight is 691 g/mol. The van der Waals surface area contributed by atoms with Crippen LogP contribution in [-0.4, -0.2) is 38.1 Å². The molecule has 7 nitrogen and oxygen atoms in total. The van der Waals surface area contributed by atoms with Gasteiger partial charge in [-0.2, -0.15) is 8.42 Å². The van der Waals surface area contributed by atoms with E-state index in [-0.39, 0.29) is 18.8 Å². The van der Waals surface area contributed by atoms with Crippen LogP contribution in [0.15, 0.2) is 47.4 Å². The molecule has 0 spiro atoms. The zero-order valence-electron chi connectivity index (χ0n) is 30.2. The Morgan fingerprint density at radius 2 is 0.938 bits per heavy atom. The van der Waals surface area contributed by atoms with Crippen molar-refractivity contribution < 1.29 is 32.0 Å². The van der Waals surface area contributed by atoms with Crippen LogP contribution in [0.5, 0.6) is 0 Å². The summed E-state index contributed by atoms with van der Waals surface area (Å²) < 4.78 is 44.6. The molecule has 0 heterocycles. The first-order valence-electron chi connectivity index (χ1n) is 19.1. The summed E-state index contributed by atoms with van der Waals surface area (Å²) in [5, 5.41) is 0. The van der Waals surface area contributed by atoms with Crippen molar-refractivity contribution in [1.82, 2.24) is 0 Å². The fourth-order valence-corrected chi connectivity index (χ4v) is 6.30. The maximum atomic E-state index is 13.0. The lowest BCUT2D eigenvalue weighted by molar-refractivity contribution is 0.0446. The maximum Gasteiger partial charge on any atom is 0.340 e. The van der Waals surface area contributed by atoms with Gasteiger partial charge in [-0.05, 0) is 76.3 Å². The second kappa shape index (κ2) is 29.5. The molecule has 8 heteroatoms. The number of hydrogen-bond donors (Lipinski definition) is 1. The van der Waals surface area contributed by atoms with E-state index in [4.69, 9.17) is 9.47 Å². The molecular formula is C40H66O7S. The van der Waals surface area contributed by atoms with Crippen LogP contribution in [0, 0.1) is 0 Å². The van der Waals surface area contributed by atoms with Gasteiger partial charge in [0, 0.05) is 0 Å². The van der Waals surface area contributed by atoms with Crippen LogP contribution in [0.25, 0.3) is 0 Å². The first kappa shape index (κ1) is 43.6. The lowest BCUT2D eigenvalue weighted by Crippen LogP contribution is -2.19. The SMILES string of the molecule is CCCCC/C=C/CCCCCCCCCOC(=O)c1cccc(S(=O)(=O)O)c1C(=O)OCCCCCCCCC/C=C/CCCCC. The van der Waals surface area contributed by atoms with E-state index in [1.54, 1.807) is 0 Å². The number of ether oxygens (including phenoxy) is 2. The lowest BCUT2D eigenvalue weighted by Gasteiger charge is -2.13. The summed E-state index contributed by atoms with van der Waals surface area (Å²) in [5.74, 6) is -1.76. The Kier molecular flexibility index (Phi) is 26.7. The highest BCUT2D eigenvalue weighted by atomic mass is 32.2. The Balaban J connectivity index is 2.34. The van der Waals surface area contributed by atoms with Crippen LogP contribution < -0.4 is 0 Å². The molecular weight excluding hydrogens is 624 g/mol. The number of allylic oxidation sites excluding steroid dienone is 4. The number of benzene rings is 1. The molecule has 1 N–H and O–H groups in total. The van der Waals surface area contributed by atoms with Crippen molar-refractivity contribution in [3.8, 4) is 0 Å². The predicted octanol–water partition coefficient (Wildman–Crippen LogP) is 11.8. The number of rotatable bonds is 31. The Morgan fingerprint density at radius 3 is 1.35 bits per heavy atom.